The molecule has 1 atom stereocenters. The minimum absolute atomic E-state index is 0.0733. The number of sulfone groups is 1. The van der Waals surface area contributed by atoms with Gasteiger partial charge in [0, 0.05) is 24.7 Å². The van der Waals surface area contributed by atoms with Crippen LogP contribution in [0, 0.1) is 11.6 Å². The molecule has 18 heavy (non-hydrogen) atoms. The third kappa shape index (κ3) is 2.87. The van der Waals surface area contributed by atoms with Crippen LogP contribution in [0.5, 0.6) is 0 Å². The summed E-state index contributed by atoms with van der Waals surface area (Å²) in [6.45, 7) is 2.38. The van der Waals surface area contributed by atoms with Gasteiger partial charge in [-0.1, -0.05) is 12.1 Å². The Hall–Kier alpha value is -1.01. The van der Waals surface area contributed by atoms with Crippen molar-refractivity contribution >= 4 is 9.84 Å². The number of hydrogen-bond acceptors (Lipinski definition) is 3. The normalized spacial score (nSPS) is 24.1. The van der Waals surface area contributed by atoms with Crippen LogP contribution in [0.4, 0.5) is 8.78 Å². The van der Waals surface area contributed by atoms with Crippen molar-refractivity contribution in [2.75, 3.05) is 18.1 Å². The SMILES string of the molecule is C[C@H]1CS(=O)(=O)CCN1Cc1cccc(F)c1F. The third-order valence-corrected chi connectivity index (χ3v) is 5.01. The quantitative estimate of drug-likeness (QED) is 0.822. The van der Waals surface area contributed by atoms with Gasteiger partial charge < -0.3 is 0 Å². The summed E-state index contributed by atoms with van der Waals surface area (Å²) in [5.41, 5.74) is 0.265. The first-order chi connectivity index (χ1) is 8.39. The minimum Gasteiger partial charge on any atom is -0.294 e. The lowest BCUT2D eigenvalue weighted by atomic mass is 10.1. The second-order valence-electron chi connectivity index (χ2n) is 4.65. The molecule has 0 spiro atoms. The zero-order valence-electron chi connectivity index (χ0n) is 10.1. The lowest BCUT2D eigenvalue weighted by Gasteiger charge is -2.33. The monoisotopic (exact) mass is 275 g/mol. The lowest BCUT2D eigenvalue weighted by Crippen LogP contribution is -2.46. The lowest BCUT2D eigenvalue weighted by molar-refractivity contribution is 0.214. The van der Waals surface area contributed by atoms with E-state index in [4.69, 9.17) is 0 Å². The maximum Gasteiger partial charge on any atom is 0.163 e. The average molecular weight is 275 g/mol. The van der Waals surface area contributed by atoms with E-state index in [1.165, 1.54) is 12.1 Å². The van der Waals surface area contributed by atoms with E-state index in [9.17, 15) is 17.2 Å². The Morgan fingerprint density at radius 1 is 1.39 bits per heavy atom. The van der Waals surface area contributed by atoms with Crippen LogP contribution in [-0.2, 0) is 16.4 Å². The van der Waals surface area contributed by atoms with Crippen molar-refractivity contribution in [3.05, 3.63) is 35.4 Å². The number of nitrogens with zero attached hydrogens (tertiary/aromatic N) is 1. The van der Waals surface area contributed by atoms with Crippen LogP contribution >= 0.6 is 0 Å². The molecular formula is C12H15F2NO2S. The molecule has 0 bridgehead atoms. The third-order valence-electron chi connectivity index (χ3n) is 3.21. The standard InChI is InChI=1S/C12H15F2NO2S/c1-9-8-18(16,17)6-5-15(9)7-10-3-2-4-11(13)12(10)14/h2-4,9H,5-8H2,1H3/t9-/m0/s1. The van der Waals surface area contributed by atoms with Crippen molar-refractivity contribution in [3.63, 3.8) is 0 Å². The molecular weight excluding hydrogens is 260 g/mol. The topological polar surface area (TPSA) is 37.4 Å². The van der Waals surface area contributed by atoms with E-state index in [1.807, 2.05) is 4.90 Å². The van der Waals surface area contributed by atoms with Gasteiger partial charge >= 0.3 is 0 Å². The van der Waals surface area contributed by atoms with Crippen molar-refractivity contribution in [2.24, 2.45) is 0 Å². The van der Waals surface area contributed by atoms with Crippen LogP contribution in [0.2, 0.25) is 0 Å². The molecule has 0 unspecified atom stereocenters. The highest BCUT2D eigenvalue weighted by molar-refractivity contribution is 7.91. The fourth-order valence-electron chi connectivity index (χ4n) is 2.16. The number of halogens is 2. The van der Waals surface area contributed by atoms with Gasteiger partial charge in [0.25, 0.3) is 0 Å². The van der Waals surface area contributed by atoms with Crippen molar-refractivity contribution < 1.29 is 17.2 Å². The molecule has 0 aliphatic carbocycles. The molecule has 1 aliphatic heterocycles. The van der Waals surface area contributed by atoms with Crippen LogP contribution < -0.4 is 0 Å². The van der Waals surface area contributed by atoms with Gasteiger partial charge in [-0.2, -0.15) is 0 Å². The average Bonchev–Trinajstić information content (AvgIpc) is 2.27. The van der Waals surface area contributed by atoms with Crippen LogP contribution in [0.1, 0.15) is 12.5 Å². The van der Waals surface area contributed by atoms with Gasteiger partial charge in [0.2, 0.25) is 0 Å². The largest absolute Gasteiger partial charge is 0.294 e. The highest BCUT2D eigenvalue weighted by atomic mass is 32.2. The molecule has 2 rings (SSSR count). The Kier molecular flexibility index (Phi) is 3.68. The fourth-order valence-corrected chi connectivity index (χ4v) is 3.78. The molecule has 1 aromatic rings. The molecule has 1 aliphatic rings. The summed E-state index contributed by atoms with van der Waals surface area (Å²) in [5, 5.41) is 0. The summed E-state index contributed by atoms with van der Waals surface area (Å²) in [6.07, 6.45) is 0. The van der Waals surface area contributed by atoms with Crippen LogP contribution in [-0.4, -0.2) is 37.4 Å². The van der Waals surface area contributed by atoms with Gasteiger partial charge in [0.05, 0.1) is 11.5 Å². The first-order valence-electron chi connectivity index (χ1n) is 5.76. The maximum absolute atomic E-state index is 13.5. The van der Waals surface area contributed by atoms with Gasteiger partial charge in [-0.05, 0) is 13.0 Å². The van der Waals surface area contributed by atoms with Gasteiger partial charge in [0.15, 0.2) is 21.5 Å². The van der Waals surface area contributed by atoms with E-state index >= 15 is 0 Å². The van der Waals surface area contributed by atoms with Crippen molar-refractivity contribution in [2.45, 2.75) is 19.5 Å². The Morgan fingerprint density at radius 2 is 2.11 bits per heavy atom. The Balaban J connectivity index is 2.13. The molecule has 1 saturated heterocycles. The Morgan fingerprint density at radius 3 is 2.78 bits per heavy atom. The van der Waals surface area contributed by atoms with E-state index in [0.29, 0.717) is 6.54 Å². The van der Waals surface area contributed by atoms with E-state index < -0.39 is 21.5 Å². The highest BCUT2D eigenvalue weighted by Gasteiger charge is 2.28. The molecule has 0 aromatic heterocycles. The number of rotatable bonds is 2. The molecule has 100 valence electrons. The van der Waals surface area contributed by atoms with Gasteiger partial charge in [-0.25, -0.2) is 17.2 Å². The summed E-state index contributed by atoms with van der Waals surface area (Å²) in [4.78, 5) is 1.86. The molecule has 1 fully saturated rings. The highest BCUT2D eigenvalue weighted by Crippen LogP contribution is 2.18. The zero-order chi connectivity index (χ0) is 13.3. The smallest absolute Gasteiger partial charge is 0.163 e. The number of benzene rings is 1. The predicted octanol–water partition coefficient (Wildman–Crippen LogP) is 1.58. The fraction of sp³-hybridized carbons (Fsp3) is 0.500. The summed E-state index contributed by atoms with van der Waals surface area (Å²) in [6, 6.07) is 3.88. The van der Waals surface area contributed by atoms with E-state index in [0.717, 1.165) is 6.07 Å². The molecule has 1 aromatic carbocycles. The summed E-state index contributed by atoms with van der Waals surface area (Å²) >= 11 is 0. The molecule has 0 radical (unpaired) electrons. The zero-order valence-corrected chi connectivity index (χ0v) is 10.9. The van der Waals surface area contributed by atoms with Crippen LogP contribution in [0.15, 0.2) is 18.2 Å². The van der Waals surface area contributed by atoms with Gasteiger partial charge in [-0.3, -0.25) is 4.90 Å². The van der Waals surface area contributed by atoms with E-state index in [-0.39, 0.29) is 29.7 Å². The van der Waals surface area contributed by atoms with Gasteiger partial charge in [0.1, 0.15) is 0 Å². The van der Waals surface area contributed by atoms with Crippen LogP contribution in [0.25, 0.3) is 0 Å². The van der Waals surface area contributed by atoms with E-state index in [1.54, 1.807) is 6.92 Å². The molecule has 6 heteroatoms. The van der Waals surface area contributed by atoms with Crippen LogP contribution in [0.3, 0.4) is 0 Å². The Labute approximate surface area is 105 Å². The van der Waals surface area contributed by atoms with E-state index in [2.05, 4.69) is 0 Å². The molecule has 1 heterocycles. The molecule has 0 N–H and O–H groups in total. The summed E-state index contributed by atoms with van der Waals surface area (Å²) in [5.74, 6) is -1.57. The van der Waals surface area contributed by atoms with Crippen molar-refractivity contribution in [1.29, 1.82) is 0 Å². The minimum atomic E-state index is -2.98. The maximum atomic E-state index is 13.5. The first kappa shape index (κ1) is 13.4. The number of hydrogen-bond donors (Lipinski definition) is 0. The summed E-state index contributed by atoms with van der Waals surface area (Å²) in [7, 11) is -2.98. The molecule has 0 saturated carbocycles. The van der Waals surface area contributed by atoms with Gasteiger partial charge in [-0.15, -0.1) is 0 Å². The van der Waals surface area contributed by atoms with Crippen molar-refractivity contribution in [3.8, 4) is 0 Å². The first-order valence-corrected chi connectivity index (χ1v) is 7.58. The molecule has 3 nitrogen and oxygen atoms in total. The molecule has 0 amide bonds. The predicted molar refractivity (Wildman–Crippen MR) is 64.9 cm³/mol. The van der Waals surface area contributed by atoms with Crippen molar-refractivity contribution in [1.82, 2.24) is 4.90 Å². The Bertz CT molecular complexity index is 545. The second-order valence-corrected chi connectivity index (χ2v) is 6.88. The summed E-state index contributed by atoms with van der Waals surface area (Å²) < 4.78 is 49.4. The second kappa shape index (κ2) is 4.93.